The number of rotatable bonds is 3. The summed E-state index contributed by atoms with van der Waals surface area (Å²) in [6.45, 7) is 0.576. The van der Waals surface area contributed by atoms with E-state index < -0.39 is 0 Å². The van der Waals surface area contributed by atoms with Crippen molar-refractivity contribution in [2.45, 2.75) is 42.4 Å². The minimum atomic E-state index is -0.000198. The number of hydrogen-bond acceptors (Lipinski definition) is 3. The lowest BCUT2D eigenvalue weighted by molar-refractivity contribution is -0.120. The van der Waals surface area contributed by atoms with Gasteiger partial charge in [-0.1, -0.05) is 24.3 Å². The maximum absolute atomic E-state index is 12.4. The molecule has 4 heteroatoms. The number of nitrogens with one attached hydrogen (secondary N) is 1. The predicted molar refractivity (Wildman–Crippen MR) is 87.9 cm³/mol. The summed E-state index contributed by atoms with van der Waals surface area (Å²) in [5.74, 6) is 0.127. The van der Waals surface area contributed by atoms with E-state index in [0.717, 1.165) is 24.8 Å². The zero-order valence-electron chi connectivity index (χ0n) is 12.3. The standard InChI is InChI=1S/C18H18N2OS/c21-18(17-9-14-4-1-2-7-16(14)22-17)20-11-12-8-13-5-3-6-15(13)19-10-12/h1-2,4,7-8,10,17H,3,5-6,9,11H2,(H,20,21)/t17-/m0/s1. The molecule has 0 bridgehead atoms. The lowest BCUT2D eigenvalue weighted by Gasteiger charge is -2.10. The predicted octanol–water partition coefficient (Wildman–Crippen LogP) is 2.90. The van der Waals surface area contributed by atoms with E-state index in [9.17, 15) is 4.79 Å². The SMILES string of the molecule is O=C(NCc1cnc2c(c1)CCC2)[C@@H]1Cc2ccccc2S1. The first-order valence-electron chi connectivity index (χ1n) is 7.78. The van der Waals surface area contributed by atoms with Crippen molar-refractivity contribution in [2.24, 2.45) is 0 Å². The van der Waals surface area contributed by atoms with Gasteiger partial charge in [0.2, 0.25) is 5.91 Å². The number of aryl methyl sites for hydroxylation is 2. The monoisotopic (exact) mass is 310 g/mol. The van der Waals surface area contributed by atoms with Crippen LogP contribution in [0.5, 0.6) is 0 Å². The molecule has 2 heterocycles. The lowest BCUT2D eigenvalue weighted by atomic mass is 10.1. The minimum absolute atomic E-state index is 0.000198. The fourth-order valence-corrected chi connectivity index (χ4v) is 4.42. The first kappa shape index (κ1) is 13.8. The average molecular weight is 310 g/mol. The molecule has 0 unspecified atom stereocenters. The number of thioether (sulfide) groups is 1. The smallest absolute Gasteiger partial charge is 0.234 e. The summed E-state index contributed by atoms with van der Waals surface area (Å²) in [7, 11) is 0. The van der Waals surface area contributed by atoms with E-state index in [1.54, 1.807) is 11.8 Å². The summed E-state index contributed by atoms with van der Waals surface area (Å²) >= 11 is 1.67. The van der Waals surface area contributed by atoms with Crippen LogP contribution in [0.1, 0.15) is 28.8 Å². The van der Waals surface area contributed by atoms with E-state index in [0.29, 0.717) is 6.54 Å². The maximum atomic E-state index is 12.4. The maximum Gasteiger partial charge on any atom is 0.234 e. The Hall–Kier alpha value is -1.81. The number of hydrogen-bond donors (Lipinski definition) is 1. The van der Waals surface area contributed by atoms with Crippen LogP contribution in [-0.4, -0.2) is 16.1 Å². The van der Waals surface area contributed by atoms with Crippen molar-refractivity contribution in [1.29, 1.82) is 0 Å². The van der Waals surface area contributed by atoms with Crippen molar-refractivity contribution in [1.82, 2.24) is 10.3 Å². The summed E-state index contributed by atoms with van der Waals surface area (Å²) in [5.41, 5.74) is 4.98. The molecule has 0 saturated heterocycles. The van der Waals surface area contributed by atoms with Crippen molar-refractivity contribution in [3.8, 4) is 0 Å². The molecule has 0 saturated carbocycles. The number of amides is 1. The molecule has 4 rings (SSSR count). The molecular weight excluding hydrogens is 292 g/mol. The topological polar surface area (TPSA) is 42.0 Å². The molecule has 22 heavy (non-hydrogen) atoms. The molecule has 0 radical (unpaired) electrons. The van der Waals surface area contributed by atoms with Crippen LogP contribution >= 0.6 is 11.8 Å². The van der Waals surface area contributed by atoms with Crippen LogP contribution in [-0.2, 0) is 30.6 Å². The van der Waals surface area contributed by atoms with Crippen LogP contribution in [0.3, 0.4) is 0 Å². The van der Waals surface area contributed by atoms with Crippen molar-refractivity contribution >= 4 is 17.7 Å². The quantitative estimate of drug-likeness (QED) is 0.948. The Morgan fingerprint density at radius 2 is 2.18 bits per heavy atom. The summed E-state index contributed by atoms with van der Waals surface area (Å²) in [6, 6.07) is 10.5. The van der Waals surface area contributed by atoms with Crippen LogP contribution in [0.2, 0.25) is 0 Å². The number of nitrogens with zero attached hydrogens (tertiary/aromatic N) is 1. The van der Waals surface area contributed by atoms with Gasteiger partial charge < -0.3 is 5.32 Å². The summed E-state index contributed by atoms with van der Waals surface area (Å²) in [4.78, 5) is 18.1. The second-order valence-corrected chi connectivity index (χ2v) is 7.18. The molecule has 0 fully saturated rings. The van der Waals surface area contributed by atoms with Crippen LogP contribution in [0.15, 0.2) is 41.4 Å². The highest BCUT2D eigenvalue weighted by Crippen LogP contribution is 2.36. The van der Waals surface area contributed by atoms with Gasteiger partial charge >= 0.3 is 0 Å². The zero-order chi connectivity index (χ0) is 14.9. The highest BCUT2D eigenvalue weighted by atomic mass is 32.2. The Morgan fingerprint density at radius 3 is 3.09 bits per heavy atom. The minimum Gasteiger partial charge on any atom is -0.351 e. The third kappa shape index (κ3) is 2.63. The molecule has 1 aromatic carbocycles. The molecule has 1 atom stereocenters. The largest absolute Gasteiger partial charge is 0.351 e. The Balaban J connectivity index is 1.37. The number of carbonyl (C=O) groups excluding carboxylic acids is 1. The molecule has 2 aliphatic rings. The third-order valence-corrected chi connectivity index (χ3v) is 5.70. The molecule has 112 valence electrons. The Morgan fingerprint density at radius 1 is 1.27 bits per heavy atom. The Labute approximate surface area is 134 Å². The summed E-state index contributed by atoms with van der Waals surface area (Å²) in [5, 5.41) is 3.07. The van der Waals surface area contributed by atoms with Gasteiger partial charge in [-0.3, -0.25) is 9.78 Å². The molecule has 2 aromatic rings. The van der Waals surface area contributed by atoms with E-state index >= 15 is 0 Å². The number of benzene rings is 1. The second-order valence-electron chi connectivity index (χ2n) is 5.94. The fourth-order valence-electron chi connectivity index (χ4n) is 3.20. The number of aromatic nitrogens is 1. The van der Waals surface area contributed by atoms with E-state index in [1.165, 1.54) is 28.1 Å². The third-order valence-electron chi connectivity index (χ3n) is 4.38. The van der Waals surface area contributed by atoms with Gasteiger partial charge in [0.25, 0.3) is 0 Å². The van der Waals surface area contributed by atoms with Crippen molar-refractivity contribution < 1.29 is 4.79 Å². The van der Waals surface area contributed by atoms with Crippen molar-refractivity contribution in [3.63, 3.8) is 0 Å². The van der Waals surface area contributed by atoms with Crippen molar-refractivity contribution in [2.75, 3.05) is 0 Å². The molecular formula is C18H18N2OS. The molecule has 1 aliphatic carbocycles. The number of carbonyl (C=O) groups is 1. The highest BCUT2D eigenvalue weighted by Gasteiger charge is 2.27. The normalized spacial score (nSPS) is 18.8. The van der Waals surface area contributed by atoms with Crippen LogP contribution in [0.25, 0.3) is 0 Å². The van der Waals surface area contributed by atoms with Gasteiger partial charge in [0, 0.05) is 23.3 Å². The Bertz CT molecular complexity index is 704. The molecule has 3 nitrogen and oxygen atoms in total. The first-order chi connectivity index (χ1) is 10.8. The van der Waals surface area contributed by atoms with Crippen molar-refractivity contribution in [3.05, 3.63) is 58.9 Å². The summed E-state index contributed by atoms with van der Waals surface area (Å²) < 4.78 is 0. The van der Waals surface area contributed by atoms with Crippen LogP contribution in [0, 0.1) is 0 Å². The lowest BCUT2D eigenvalue weighted by Crippen LogP contribution is -2.32. The molecule has 1 amide bonds. The van der Waals surface area contributed by atoms with E-state index in [2.05, 4.69) is 28.5 Å². The van der Waals surface area contributed by atoms with Crippen LogP contribution in [0.4, 0.5) is 0 Å². The molecule has 1 aliphatic heterocycles. The van der Waals surface area contributed by atoms with Gasteiger partial charge in [-0.2, -0.15) is 0 Å². The molecule has 1 N–H and O–H groups in total. The first-order valence-corrected chi connectivity index (χ1v) is 8.66. The summed E-state index contributed by atoms with van der Waals surface area (Å²) in [6.07, 6.45) is 6.15. The molecule has 0 spiro atoms. The average Bonchev–Trinajstić information content (AvgIpc) is 3.18. The van der Waals surface area contributed by atoms with Gasteiger partial charge in [0.15, 0.2) is 0 Å². The number of fused-ring (bicyclic) bond motifs is 2. The molecule has 1 aromatic heterocycles. The van der Waals surface area contributed by atoms with E-state index in [1.807, 2.05) is 18.3 Å². The highest BCUT2D eigenvalue weighted by molar-refractivity contribution is 8.01. The van der Waals surface area contributed by atoms with E-state index in [-0.39, 0.29) is 11.2 Å². The van der Waals surface area contributed by atoms with Gasteiger partial charge in [0.1, 0.15) is 0 Å². The van der Waals surface area contributed by atoms with Gasteiger partial charge in [0.05, 0.1) is 5.25 Å². The van der Waals surface area contributed by atoms with Gasteiger partial charge in [-0.25, -0.2) is 0 Å². The number of pyridine rings is 1. The Kier molecular flexibility index (Phi) is 3.62. The second kappa shape index (κ2) is 5.76. The van der Waals surface area contributed by atoms with E-state index in [4.69, 9.17) is 0 Å². The van der Waals surface area contributed by atoms with Gasteiger partial charge in [-0.15, -0.1) is 11.8 Å². The zero-order valence-corrected chi connectivity index (χ0v) is 13.2. The van der Waals surface area contributed by atoms with Crippen LogP contribution < -0.4 is 5.32 Å². The fraction of sp³-hybridized carbons (Fsp3) is 0.333. The van der Waals surface area contributed by atoms with Gasteiger partial charge in [-0.05, 0) is 48.4 Å².